The van der Waals surface area contributed by atoms with Gasteiger partial charge in [-0.1, -0.05) is 36.4 Å². The number of ether oxygens (including phenoxy) is 3. The third kappa shape index (κ3) is 4.81. The van der Waals surface area contributed by atoms with E-state index in [1.54, 1.807) is 26.4 Å². The van der Waals surface area contributed by atoms with Gasteiger partial charge in [0.2, 0.25) is 11.7 Å². The molecule has 0 fully saturated rings. The molecular formula is C28H31N3O5. The molecule has 4 aromatic rings. The van der Waals surface area contributed by atoms with Crippen molar-refractivity contribution in [2.45, 2.75) is 37.5 Å². The first-order chi connectivity index (χ1) is 17.4. The highest BCUT2D eigenvalue weighted by Crippen LogP contribution is 2.27. The van der Waals surface area contributed by atoms with Crippen LogP contribution in [0.2, 0.25) is 0 Å². The van der Waals surface area contributed by atoms with E-state index in [1.807, 2.05) is 61.7 Å². The highest BCUT2D eigenvalue weighted by molar-refractivity contribution is 5.89. The molecule has 8 nitrogen and oxygen atoms in total. The SMILES string of the molecule is COC1C=CC(CNC(=O)C(C)(Cc2c[nH]c3ccccc23)NCc2cc3ccccc3o2)(OC)O1. The number of para-hydroxylation sites is 2. The van der Waals surface area contributed by atoms with Gasteiger partial charge < -0.3 is 28.9 Å². The van der Waals surface area contributed by atoms with E-state index in [0.717, 1.165) is 33.2 Å². The molecule has 1 aliphatic rings. The Bertz CT molecular complexity index is 1360. The zero-order chi connectivity index (χ0) is 25.2. The lowest BCUT2D eigenvalue weighted by molar-refractivity contribution is -0.239. The fourth-order valence-corrected chi connectivity index (χ4v) is 4.60. The number of aromatic nitrogens is 1. The Morgan fingerprint density at radius 2 is 1.97 bits per heavy atom. The van der Waals surface area contributed by atoms with Crippen molar-refractivity contribution in [3.05, 3.63) is 84.3 Å². The predicted molar refractivity (Wildman–Crippen MR) is 137 cm³/mol. The van der Waals surface area contributed by atoms with Crippen LogP contribution in [0.25, 0.3) is 21.9 Å². The molecule has 1 amide bonds. The average Bonchev–Trinajstić information content (AvgIpc) is 3.63. The summed E-state index contributed by atoms with van der Waals surface area (Å²) in [4.78, 5) is 17.0. The summed E-state index contributed by atoms with van der Waals surface area (Å²) in [5.41, 5.74) is 1.93. The van der Waals surface area contributed by atoms with E-state index in [4.69, 9.17) is 18.6 Å². The first-order valence-corrected chi connectivity index (χ1v) is 11.9. The van der Waals surface area contributed by atoms with Gasteiger partial charge >= 0.3 is 0 Å². The molecule has 36 heavy (non-hydrogen) atoms. The van der Waals surface area contributed by atoms with E-state index >= 15 is 0 Å². The number of carbonyl (C=O) groups is 1. The van der Waals surface area contributed by atoms with Crippen LogP contribution < -0.4 is 10.6 Å². The summed E-state index contributed by atoms with van der Waals surface area (Å²) in [5, 5.41) is 8.59. The Labute approximate surface area is 209 Å². The Hall–Kier alpha value is -3.43. The van der Waals surface area contributed by atoms with Crippen LogP contribution in [0.5, 0.6) is 0 Å². The zero-order valence-electron chi connectivity index (χ0n) is 20.7. The van der Waals surface area contributed by atoms with E-state index in [1.165, 1.54) is 0 Å². The van der Waals surface area contributed by atoms with Gasteiger partial charge in [0.05, 0.1) is 18.6 Å². The van der Waals surface area contributed by atoms with Crippen LogP contribution >= 0.6 is 0 Å². The highest BCUT2D eigenvalue weighted by Gasteiger charge is 2.39. The quantitative estimate of drug-likeness (QED) is 0.291. The van der Waals surface area contributed by atoms with Crippen molar-refractivity contribution in [1.82, 2.24) is 15.6 Å². The maximum absolute atomic E-state index is 13.7. The molecule has 3 atom stereocenters. The third-order valence-electron chi connectivity index (χ3n) is 6.75. The summed E-state index contributed by atoms with van der Waals surface area (Å²) in [6.07, 6.45) is 5.42. The lowest BCUT2D eigenvalue weighted by atomic mass is 9.91. The zero-order valence-corrected chi connectivity index (χ0v) is 20.7. The number of aromatic amines is 1. The van der Waals surface area contributed by atoms with E-state index in [2.05, 4.69) is 21.7 Å². The molecule has 0 bridgehead atoms. The molecule has 0 saturated carbocycles. The number of amides is 1. The van der Waals surface area contributed by atoms with Gasteiger partial charge in [-0.3, -0.25) is 10.1 Å². The molecule has 3 heterocycles. The Balaban J connectivity index is 1.37. The molecule has 0 aliphatic carbocycles. The molecule has 3 unspecified atom stereocenters. The molecular weight excluding hydrogens is 458 g/mol. The predicted octanol–water partition coefficient (Wildman–Crippen LogP) is 4.02. The molecule has 2 aromatic heterocycles. The molecule has 5 rings (SSSR count). The number of methoxy groups -OCH3 is 2. The fourth-order valence-electron chi connectivity index (χ4n) is 4.60. The number of carbonyl (C=O) groups excluding carboxylic acids is 1. The number of rotatable bonds is 10. The fraction of sp³-hybridized carbons (Fsp3) is 0.321. The van der Waals surface area contributed by atoms with Crippen molar-refractivity contribution in [2.24, 2.45) is 0 Å². The van der Waals surface area contributed by atoms with E-state index in [-0.39, 0.29) is 12.5 Å². The van der Waals surface area contributed by atoms with Gasteiger partial charge in [0, 0.05) is 43.1 Å². The summed E-state index contributed by atoms with van der Waals surface area (Å²) < 4.78 is 22.6. The maximum atomic E-state index is 13.7. The van der Waals surface area contributed by atoms with E-state index in [0.29, 0.717) is 13.0 Å². The van der Waals surface area contributed by atoms with Crippen LogP contribution in [0.4, 0.5) is 0 Å². The number of H-pyrrole nitrogens is 1. The van der Waals surface area contributed by atoms with Gasteiger partial charge in [0.25, 0.3) is 0 Å². The Morgan fingerprint density at radius 1 is 1.17 bits per heavy atom. The molecule has 3 N–H and O–H groups in total. The van der Waals surface area contributed by atoms with E-state index in [9.17, 15) is 4.79 Å². The molecule has 0 saturated heterocycles. The molecule has 188 valence electrons. The van der Waals surface area contributed by atoms with Crippen molar-refractivity contribution in [2.75, 3.05) is 20.8 Å². The summed E-state index contributed by atoms with van der Waals surface area (Å²) >= 11 is 0. The van der Waals surface area contributed by atoms with Crippen LogP contribution in [0.1, 0.15) is 18.2 Å². The van der Waals surface area contributed by atoms with Gasteiger partial charge in [-0.05, 0) is 42.8 Å². The van der Waals surface area contributed by atoms with Crippen molar-refractivity contribution < 1.29 is 23.4 Å². The topological polar surface area (TPSA) is 97.8 Å². The van der Waals surface area contributed by atoms with Gasteiger partial charge in [-0.15, -0.1) is 0 Å². The van der Waals surface area contributed by atoms with Crippen molar-refractivity contribution in [3.63, 3.8) is 0 Å². The summed E-state index contributed by atoms with van der Waals surface area (Å²) in [6, 6.07) is 17.9. The lowest BCUT2D eigenvalue weighted by Gasteiger charge is -2.32. The molecule has 0 spiro atoms. The summed E-state index contributed by atoms with van der Waals surface area (Å²) in [6.45, 7) is 2.42. The summed E-state index contributed by atoms with van der Waals surface area (Å²) in [7, 11) is 3.10. The van der Waals surface area contributed by atoms with Crippen molar-refractivity contribution >= 4 is 27.8 Å². The van der Waals surface area contributed by atoms with Crippen molar-refractivity contribution in [1.29, 1.82) is 0 Å². The van der Waals surface area contributed by atoms with Crippen LogP contribution in [0, 0.1) is 0 Å². The molecule has 0 radical (unpaired) electrons. The normalized spacial score (nSPS) is 21.2. The van der Waals surface area contributed by atoms with Gasteiger partial charge in [0.1, 0.15) is 11.3 Å². The smallest absolute Gasteiger partial charge is 0.240 e. The Kier molecular flexibility index (Phi) is 6.68. The van der Waals surface area contributed by atoms with Crippen LogP contribution in [0.3, 0.4) is 0 Å². The number of fused-ring (bicyclic) bond motifs is 2. The number of benzene rings is 2. The highest BCUT2D eigenvalue weighted by atomic mass is 16.8. The molecule has 2 aromatic carbocycles. The van der Waals surface area contributed by atoms with E-state index < -0.39 is 17.6 Å². The van der Waals surface area contributed by atoms with Crippen LogP contribution in [-0.4, -0.2) is 49.3 Å². The first-order valence-electron chi connectivity index (χ1n) is 11.9. The monoisotopic (exact) mass is 489 g/mol. The van der Waals surface area contributed by atoms with Gasteiger partial charge in [-0.25, -0.2) is 0 Å². The van der Waals surface area contributed by atoms with Gasteiger partial charge in [-0.2, -0.15) is 0 Å². The average molecular weight is 490 g/mol. The van der Waals surface area contributed by atoms with Crippen LogP contribution in [0.15, 0.2) is 77.4 Å². The second-order valence-electron chi connectivity index (χ2n) is 9.25. The minimum absolute atomic E-state index is 0.133. The summed E-state index contributed by atoms with van der Waals surface area (Å²) in [5.74, 6) is -0.512. The Morgan fingerprint density at radius 3 is 2.75 bits per heavy atom. The molecule has 1 aliphatic heterocycles. The van der Waals surface area contributed by atoms with Crippen molar-refractivity contribution in [3.8, 4) is 0 Å². The third-order valence-corrected chi connectivity index (χ3v) is 6.75. The minimum atomic E-state index is -1.09. The largest absolute Gasteiger partial charge is 0.460 e. The maximum Gasteiger partial charge on any atom is 0.240 e. The van der Waals surface area contributed by atoms with Crippen LogP contribution in [-0.2, 0) is 32.0 Å². The number of hydrogen-bond acceptors (Lipinski definition) is 6. The number of nitrogens with one attached hydrogen (secondary N) is 3. The second kappa shape index (κ2) is 9.91. The second-order valence-corrected chi connectivity index (χ2v) is 9.25. The minimum Gasteiger partial charge on any atom is -0.460 e. The number of hydrogen-bond donors (Lipinski definition) is 3. The van der Waals surface area contributed by atoms with Gasteiger partial charge in [0.15, 0.2) is 6.29 Å². The lowest BCUT2D eigenvalue weighted by Crippen LogP contribution is -2.58. The molecule has 8 heteroatoms. The standard InChI is InChI=1S/C28H31N3O5/c1-27(15-20-16-29-23-10-6-5-9-22(20)23,31-17-21-14-19-8-4-7-11-24(19)35-21)26(32)30-18-28(34-3)13-12-25(33-2)36-28/h4-14,16,25,29,31H,15,17-18H2,1-3H3,(H,30,32). The first kappa shape index (κ1) is 24.3. The number of furan rings is 1.